The molecule has 0 unspecified atom stereocenters. The molecule has 1 amide bonds. The minimum absolute atomic E-state index is 0.211. The topological polar surface area (TPSA) is 91.5 Å². The van der Waals surface area contributed by atoms with Crippen LogP contribution in [0.2, 0.25) is 0 Å². The third-order valence-corrected chi connectivity index (χ3v) is 3.53. The number of rotatable bonds is 4. The van der Waals surface area contributed by atoms with Crippen LogP contribution in [0.1, 0.15) is 36.2 Å². The molecule has 0 spiro atoms. The van der Waals surface area contributed by atoms with Crippen LogP contribution in [-0.2, 0) is 0 Å². The van der Waals surface area contributed by atoms with Gasteiger partial charge in [0.15, 0.2) is 0 Å². The van der Waals surface area contributed by atoms with Crippen LogP contribution >= 0.6 is 0 Å². The van der Waals surface area contributed by atoms with Crippen molar-refractivity contribution in [1.82, 2.24) is 9.88 Å². The molecule has 0 aliphatic heterocycles. The van der Waals surface area contributed by atoms with Crippen LogP contribution in [0, 0.1) is 0 Å². The summed E-state index contributed by atoms with van der Waals surface area (Å²) < 4.78 is 0. The third kappa shape index (κ3) is 3.21. The number of aliphatic hydroxyl groups is 1. The molecule has 104 valence electrons. The van der Waals surface area contributed by atoms with Gasteiger partial charge in [0.1, 0.15) is 11.5 Å². The number of amides is 1. The van der Waals surface area contributed by atoms with Crippen LogP contribution in [0.3, 0.4) is 0 Å². The Balaban J connectivity index is 2.05. The zero-order valence-electron chi connectivity index (χ0n) is 11.1. The van der Waals surface area contributed by atoms with E-state index in [9.17, 15) is 9.90 Å². The SMILES string of the molecule is CN(CC1(O)CCCC1)C(=O)c1cccc(NN)n1. The van der Waals surface area contributed by atoms with E-state index in [1.54, 1.807) is 25.2 Å². The molecule has 0 bridgehead atoms. The summed E-state index contributed by atoms with van der Waals surface area (Å²) in [7, 11) is 1.68. The van der Waals surface area contributed by atoms with E-state index in [1.165, 1.54) is 4.90 Å². The number of carbonyl (C=O) groups is 1. The van der Waals surface area contributed by atoms with Crippen molar-refractivity contribution in [2.45, 2.75) is 31.3 Å². The van der Waals surface area contributed by atoms with E-state index >= 15 is 0 Å². The summed E-state index contributed by atoms with van der Waals surface area (Å²) in [6, 6.07) is 5.03. The van der Waals surface area contributed by atoms with E-state index in [2.05, 4.69) is 10.4 Å². The third-order valence-electron chi connectivity index (χ3n) is 3.53. The van der Waals surface area contributed by atoms with Gasteiger partial charge in [-0.3, -0.25) is 4.79 Å². The molecule has 1 heterocycles. The molecule has 1 saturated carbocycles. The van der Waals surface area contributed by atoms with Gasteiger partial charge in [-0.15, -0.1) is 0 Å². The van der Waals surface area contributed by atoms with E-state index in [1.807, 2.05) is 0 Å². The average molecular weight is 264 g/mol. The molecule has 6 heteroatoms. The van der Waals surface area contributed by atoms with Crippen LogP contribution in [0.5, 0.6) is 0 Å². The number of anilines is 1. The first-order valence-corrected chi connectivity index (χ1v) is 6.46. The zero-order valence-corrected chi connectivity index (χ0v) is 11.1. The molecule has 1 aliphatic rings. The first kappa shape index (κ1) is 13.8. The molecule has 0 radical (unpaired) electrons. The van der Waals surface area contributed by atoms with E-state index in [0.717, 1.165) is 25.7 Å². The number of nitrogen functional groups attached to an aromatic ring is 1. The maximum atomic E-state index is 12.2. The normalized spacial score (nSPS) is 17.2. The quantitative estimate of drug-likeness (QED) is 0.551. The summed E-state index contributed by atoms with van der Waals surface area (Å²) in [6.45, 7) is 0.341. The summed E-state index contributed by atoms with van der Waals surface area (Å²) >= 11 is 0. The van der Waals surface area contributed by atoms with Gasteiger partial charge in [-0.25, -0.2) is 10.8 Å². The molecular weight excluding hydrogens is 244 g/mol. The minimum atomic E-state index is -0.742. The van der Waals surface area contributed by atoms with Gasteiger partial charge in [0.2, 0.25) is 0 Å². The highest BCUT2D eigenvalue weighted by Gasteiger charge is 2.33. The fourth-order valence-electron chi connectivity index (χ4n) is 2.53. The van der Waals surface area contributed by atoms with Crippen LogP contribution in [-0.4, -0.2) is 40.1 Å². The maximum absolute atomic E-state index is 12.2. The summed E-state index contributed by atoms with van der Waals surface area (Å²) in [5.74, 6) is 5.50. The maximum Gasteiger partial charge on any atom is 0.272 e. The van der Waals surface area contributed by atoms with Gasteiger partial charge in [-0.2, -0.15) is 0 Å². The number of pyridine rings is 1. The van der Waals surface area contributed by atoms with Crippen LogP contribution in [0.15, 0.2) is 18.2 Å². The van der Waals surface area contributed by atoms with Gasteiger partial charge in [-0.1, -0.05) is 18.9 Å². The summed E-state index contributed by atoms with van der Waals surface area (Å²) in [6.07, 6.45) is 3.54. The molecule has 4 N–H and O–H groups in total. The molecule has 2 rings (SSSR count). The Bertz CT molecular complexity index is 458. The van der Waals surface area contributed by atoms with E-state index < -0.39 is 5.60 Å². The summed E-state index contributed by atoms with van der Waals surface area (Å²) in [5.41, 5.74) is 1.99. The van der Waals surface area contributed by atoms with Crippen LogP contribution < -0.4 is 11.3 Å². The Hall–Kier alpha value is -1.66. The number of nitrogens with zero attached hydrogens (tertiary/aromatic N) is 2. The van der Waals surface area contributed by atoms with Gasteiger partial charge >= 0.3 is 0 Å². The number of hydrazine groups is 1. The van der Waals surface area contributed by atoms with Crippen molar-refractivity contribution in [3.8, 4) is 0 Å². The summed E-state index contributed by atoms with van der Waals surface area (Å²) in [5, 5.41) is 10.3. The highest BCUT2D eigenvalue weighted by atomic mass is 16.3. The second-order valence-corrected chi connectivity index (χ2v) is 5.15. The van der Waals surface area contributed by atoms with Crippen molar-refractivity contribution in [3.05, 3.63) is 23.9 Å². The Kier molecular flexibility index (Phi) is 4.01. The van der Waals surface area contributed by atoms with E-state index in [4.69, 9.17) is 5.84 Å². The molecule has 0 saturated heterocycles. The minimum Gasteiger partial charge on any atom is -0.388 e. The lowest BCUT2D eigenvalue weighted by molar-refractivity contribution is 0.0155. The highest BCUT2D eigenvalue weighted by molar-refractivity contribution is 5.92. The van der Waals surface area contributed by atoms with Gasteiger partial charge in [0.05, 0.1) is 5.60 Å². The lowest BCUT2D eigenvalue weighted by Crippen LogP contribution is -2.42. The van der Waals surface area contributed by atoms with Gasteiger partial charge in [0, 0.05) is 13.6 Å². The molecule has 0 atom stereocenters. The lowest BCUT2D eigenvalue weighted by Gasteiger charge is -2.28. The van der Waals surface area contributed by atoms with E-state index in [-0.39, 0.29) is 5.91 Å². The molecule has 1 aliphatic carbocycles. The van der Waals surface area contributed by atoms with Crippen molar-refractivity contribution in [2.24, 2.45) is 5.84 Å². The van der Waals surface area contributed by atoms with Gasteiger partial charge in [0.25, 0.3) is 5.91 Å². The second kappa shape index (κ2) is 5.54. The molecule has 6 nitrogen and oxygen atoms in total. The number of hydrogen-bond donors (Lipinski definition) is 3. The van der Waals surface area contributed by atoms with Crippen molar-refractivity contribution in [1.29, 1.82) is 0 Å². The van der Waals surface area contributed by atoms with Crippen molar-refractivity contribution < 1.29 is 9.90 Å². The number of likely N-dealkylation sites (N-methyl/N-ethyl adjacent to an activating group) is 1. The van der Waals surface area contributed by atoms with Crippen molar-refractivity contribution >= 4 is 11.7 Å². The molecular formula is C13H20N4O2. The Morgan fingerprint density at radius 2 is 2.21 bits per heavy atom. The molecule has 1 fully saturated rings. The zero-order chi connectivity index (χ0) is 13.9. The van der Waals surface area contributed by atoms with E-state index in [0.29, 0.717) is 18.1 Å². The smallest absolute Gasteiger partial charge is 0.272 e. The largest absolute Gasteiger partial charge is 0.388 e. The first-order valence-electron chi connectivity index (χ1n) is 6.46. The highest BCUT2D eigenvalue weighted by Crippen LogP contribution is 2.30. The van der Waals surface area contributed by atoms with Crippen LogP contribution in [0.4, 0.5) is 5.82 Å². The first-order chi connectivity index (χ1) is 9.04. The fraction of sp³-hybridized carbons (Fsp3) is 0.538. The average Bonchev–Trinajstić information content (AvgIpc) is 2.84. The number of hydrogen-bond acceptors (Lipinski definition) is 5. The standard InChI is InChI=1S/C13H20N4O2/c1-17(9-13(19)7-2-3-8-13)12(18)10-5-4-6-11(15-10)16-14/h4-6,19H,2-3,7-9,14H2,1H3,(H,15,16). The number of nitrogens with two attached hydrogens (primary N) is 1. The van der Waals surface area contributed by atoms with Crippen molar-refractivity contribution in [3.63, 3.8) is 0 Å². The Labute approximate surface area is 112 Å². The number of carbonyl (C=O) groups excluding carboxylic acids is 1. The predicted octanol–water partition coefficient (Wildman–Crippen LogP) is 0.744. The van der Waals surface area contributed by atoms with Crippen molar-refractivity contribution in [2.75, 3.05) is 19.0 Å². The second-order valence-electron chi connectivity index (χ2n) is 5.15. The molecule has 19 heavy (non-hydrogen) atoms. The molecule has 1 aromatic rings. The summed E-state index contributed by atoms with van der Waals surface area (Å²) in [4.78, 5) is 17.8. The number of aromatic nitrogens is 1. The van der Waals surface area contributed by atoms with Gasteiger partial charge in [-0.05, 0) is 25.0 Å². The Morgan fingerprint density at radius 1 is 1.53 bits per heavy atom. The fourth-order valence-corrected chi connectivity index (χ4v) is 2.53. The Morgan fingerprint density at radius 3 is 2.84 bits per heavy atom. The van der Waals surface area contributed by atoms with Crippen LogP contribution in [0.25, 0.3) is 0 Å². The molecule has 1 aromatic heterocycles. The monoisotopic (exact) mass is 264 g/mol. The molecule has 0 aromatic carbocycles. The van der Waals surface area contributed by atoms with Gasteiger partial charge < -0.3 is 15.4 Å². The predicted molar refractivity (Wildman–Crippen MR) is 72.4 cm³/mol. The lowest BCUT2D eigenvalue weighted by atomic mass is 10.0. The number of nitrogens with one attached hydrogen (secondary N) is 1.